The predicted molar refractivity (Wildman–Crippen MR) is 59.9 cm³/mol. The van der Waals surface area contributed by atoms with Gasteiger partial charge in [0.1, 0.15) is 17.4 Å². The average molecular weight is 252 g/mol. The molecular weight excluding hydrogens is 242 g/mol. The molecule has 2 rings (SSSR count). The van der Waals surface area contributed by atoms with Crippen LogP contribution in [0, 0.1) is 18.6 Å². The van der Waals surface area contributed by atoms with Gasteiger partial charge >= 0.3 is 0 Å². The van der Waals surface area contributed by atoms with Gasteiger partial charge in [0.15, 0.2) is 0 Å². The van der Waals surface area contributed by atoms with E-state index in [1.807, 2.05) is 0 Å². The van der Waals surface area contributed by atoms with Crippen molar-refractivity contribution in [2.24, 2.45) is 0 Å². The minimum Gasteiger partial charge on any atom is -0.361 e. The highest BCUT2D eigenvalue weighted by Gasteiger charge is 2.10. The van der Waals surface area contributed by atoms with E-state index in [1.54, 1.807) is 13.0 Å². The lowest BCUT2D eigenvalue weighted by Crippen LogP contribution is -2.15. The van der Waals surface area contributed by atoms with Gasteiger partial charge in [-0.25, -0.2) is 8.78 Å². The van der Waals surface area contributed by atoms with Crippen LogP contribution in [0.2, 0.25) is 0 Å². The van der Waals surface area contributed by atoms with Crippen LogP contribution < -0.4 is 5.32 Å². The molecule has 0 atom stereocenters. The fraction of sp³-hybridized carbons (Fsp3) is 0.167. The second kappa shape index (κ2) is 4.95. The van der Waals surface area contributed by atoms with E-state index in [0.29, 0.717) is 17.5 Å². The molecule has 0 unspecified atom stereocenters. The molecule has 0 aliphatic carbocycles. The molecule has 1 N–H and O–H groups in total. The number of aromatic nitrogens is 1. The molecule has 1 aromatic carbocycles. The lowest BCUT2D eigenvalue weighted by Gasteiger charge is -2.04. The van der Waals surface area contributed by atoms with Gasteiger partial charge in [-0.15, -0.1) is 0 Å². The molecule has 0 aliphatic heterocycles. The van der Waals surface area contributed by atoms with Gasteiger partial charge in [0.05, 0.1) is 17.8 Å². The third kappa shape index (κ3) is 2.91. The Morgan fingerprint density at radius 2 is 2.17 bits per heavy atom. The summed E-state index contributed by atoms with van der Waals surface area (Å²) in [7, 11) is 0. The van der Waals surface area contributed by atoms with Gasteiger partial charge in [0.2, 0.25) is 5.91 Å². The summed E-state index contributed by atoms with van der Waals surface area (Å²) >= 11 is 0. The Balaban J connectivity index is 2.03. The molecule has 0 bridgehead atoms. The Hall–Kier alpha value is -2.24. The normalized spacial score (nSPS) is 10.4. The van der Waals surface area contributed by atoms with E-state index < -0.39 is 17.5 Å². The van der Waals surface area contributed by atoms with E-state index in [2.05, 4.69) is 10.5 Å². The zero-order valence-corrected chi connectivity index (χ0v) is 9.54. The van der Waals surface area contributed by atoms with Crippen molar-refractivity contribution in [3.05, 3.63) is 47.4 Å². The fourth-order valence-corrected chi connectivity index (χ4v) is 1.45. The molecule has 1 amide bonds. The number of hydrogen-bond acceptors (Lipinski definition) is 3. The third-order valence-electron chi connectivity index (χ3n) is 2.22. The summed E-state index contributed by atoms with van der Waals surface area (Å²) in [5.74, 6) is -1.38. The number of nitrogens with zero attached hydrogens (tertiary/aromatic N) is 1. The Labute approximate surface area is 102 Å². The van der Waals surface area contributed by atoms with Crippen LogP contribution in [0.3, 0.4) is 0 Å². The van der Waals surface area contributed by atoms with Crippen LogP contribution in [0.5, 0.6) is 0 Å². The first-order chi connectivity index (χ1) is 8.54. The largest absolute Gasteiger partial charge is 0.361 e. The maximum atomic E-state index is 13.3. The Bertz CT molecular complexity index is 581. The maximum Gasteiger partial charge on any atom is 0.230 e. The highest BCUT2D eigenvalue weighted by atomic mass is 19.1. The van der Waals surface area contributed by atoms with Crippen molar-refractivity contribution < 1.29 is 18.1 Å². The topological polar surface area (TPSA) is 55.1 Å². The van der Waals surface area contributed by atoms with E-state index in [1.165, 1.54) is 0 Å². The summed E-state index contributed by atoms with van der Waals surface area (Å²) in [6, 6.07) is 4.55. The predicted octanol–water partition coefficient (Wildman–Crippen LogP) is 2.44. The van der Waals surface area contributed by atoms with Crippen molar-refractivity contribution in [3.63, 3.8) is 0 Å². The lowest BCUT2D eigenvalue weighted by molar-refractivity contribution is -0.115. The summed E-state index contributed by atoms with van der Waals surface area (Å²) < 4.78 is 30.7. The van der Waals surface area contributed by atoms with Gasteiger partial charge in [0, 0.05) is 12.1 Å². The molecule has 1 heterocycles. The highest BCUT2D eigenvalue weighted by Crippen LogP contribution is 2.15. The number of aryl methyl sites for hydroxylation is 1. The van der Waals surface area contributed by atoms with Gasteiger partial charge in [-0.2, -0.15) is 0 Å². The molecule has 4 nitrogen and oxygen atoms in total. The monoisotopic (exact) mass is 252 g/mol. The van der Waals surface area contributed by atoms with Gasteiger partial charge in [0.25, 0.3) is 0 Å². The molecule has 0 saturated heterocycles. The van der Waals surface area contributed by atoms with E-state index in [4.69, 9.17) is 4.52 Å². The van der Waals surface area contributed by atoms with Gasteiger partial charge in [-0.05, 0) is 19.1 Å². The minimum absolute atomic E-state index is 0.0336. The third-order valence-corrected chi connectivity index (χ3v) is 2.22. The number of benzene rings is 1. The summed E-state index contributed by atoms with van der Waals surface area (Å²) in [5.41, 5.74) is 0.383. The van der Waals surface area contributed by atoms with Crippen molar-refractivity contribution >= 4 is 11.6 Å². The standard InChI is InChI=1S/C12H10F2N2O2/c1-7-4-9(16-18-7)6-12(17)15-11-3-2-8(13)5-10(11)14/h2-5H,6H2,1H3,(H,15,17). The zero-order chi connectivity index (χ0) is 13.1. The van der Waals surface area contributed by atoms with Crippen LogP contribution >= 0.6 is 0 Å². The number of carbonyl (C=O) groups excluding carboxylic acids is 1. The van der Waals surface area contributed by atoms with E-state index in [9.17, 15) is 13.6 Å². The number of hydrogen-bond donors (Lipinski definition) is 1. The molecule has 0 saturated carbocycles. The number of amides is 1. The Morgan fingerprint density at radius 3 is 2.78 bits per heavy atom. The zero-order valence-electron chi connectivity index (χ0n) is 9.54. The molecule has 94 valence electrons. The Kier molecular flexibility index (Phi) is 3.36. The first-order valence-electron chi connectivity index (χ1n) is 5.21. The fourth-order valence-electron chi connectivity index (χ4n) is 1.45. The van der Waals surface area contributed by atoms with Crippen LogP contribution in [0.25, 0.3) is 0 Å². The van der Waals surface area contributed by atoms with Crippen molar-refractivity contribution in [3.8, 4) is 0 Å². The van der Waals surface area contributed by atoms with E-state index in [-0.39, 0.29) is 12.1 Å². The molecule has 1 aromatic heterocycles. The first-order valence-corrected chi connectivity index (χ1v) is 5.21. The molecule has 0 aliphatic rings. The quantitative estimate of drug-likeness (QED) is 0.912. The number of rotatable bonds is 3. The number of nitrogens with one attached hydrogen (secondary N) is 1. The second-order valence-corrected chi connectivity index (χ2v) is 3.78. The molecule has 6 heteroatoms. The van der Waals surface area contributed by atoms with Crippen molar-refractivity contribution in [2.75, 3.05) is 5.32 Å². The van der Waals surface area contributed by atoms with Crippen LogP contribution in [-0.2, 0) is 11.2 Å². The summed E-state index contributed by atoms with van der Waals surface area (Å²) in [6.45, 7) is 1.70. The molecule has 0 fully saturated rings. The van der Waals surface area contributed by atoms with Crippen LogP contribution in [0.15, 0.2) is 28.8 Å². The Morgan fingerprint density at radius 1 is 1.39 bits per heavy atom. The maximum absolute atomic E-state index is 13.3. The van der Waals surface area contributed by atoms with Crippen LogP contribution in [-0.4, -0.2) is 11.1 Å². The smallest absolute Gasteiger partial charge is 0.230 e. The van der Waals surface area contributed by atoms with Gasteiger partial charge in [-0.1, -0.05) is 5.16 Å². The van der Waals surface area contributed by atoms with Crippen molar-refractivity contribution in [1.82, 2.24) is 5.16 Å². The minimum atomic E-state index is -0.820. The van der Waals surface area contributed by atoms with Crippen molar-refractivity contribution in [2.45, 2.75) is 13.3 Å². The van der Waals surface area contributed by atoms with E-state index >= 15 is 0 Å². The SMILES string of the molecule is Cc1cc(CC(=O)Nc2ccc(F)cc2F)no1. The van der Waals surface area contributed by atoms with Crippen LogP contribution in [0.1, 0.15) is 11.5 Å². The van der Waals surface area contributed by atoms with Gasteiger partial charge < -0.3 is 9.84 Å². The summed E-state index contributed by atoms with van der Waals surface area (Å²) in [5, 5.41) is 5.98. The van der Waals surface area contributed by atoms with Gasteiger partial charge in [-0.3, -0.25) is 4.79 Å². The molecule has 18 heavy (non-hydrogen) atoms. The number of anilines is 1. The average Bonchev–Trinajstić information content (AvgIpc) is 2.68. The van der Waals surface area contributed by atoms with Crippen molar-refractivity contribution in [1.29, 1.82) is 0 Å². The summed E-state index contributed by atoms with van der Waals surface area (Å²) in [4.78, 5) is 11.6. The lowest BCUT2D eigenvalue weighted by atomic mass is 10.2. The molecule has 2 aromatic rings. The second-order valence-electron chi connectivity index (χ2n) is 3.78. The molecule has 0 spiro atoms. The first kappa shape index (κ1) is 12.2. The summed E-state index contributed by atoms with van der Waals surface area (Å²) in [6.07, 6.45) is -0.0336. The number of carbonyl (C=O) groups is 1. The number of halogens is 2. The highest BCUT2D eigenvalue weighted by molar-refractivity contribution is 5.92. The van der Waals surface area contributed by atoms with E-state index in [0.717, 1.165) is 12.1 Å². The van der Waals surface area contributed by atoms with Crippen LogP contribution in [0.4, 0.5) is 14.5 Å². The molecular formula is C12H10F2N2O2. The molecule has 0 radical (unpaired) electrons.